The van der Waals surface area contributed by atoms with Crippen LogP contribution >= 0.6 is 0 Å². The molecule has 0 fully saturated rings. The lowest BCUT2D eigenvalue weighted by atomic mass is 10.1. The third-order valence-corrected chi connectivity index (χ3v) is 3.22. The standard InChI is InChI=1S/C16H18F3N3O2/c1-10(12-4-6-13(7-5-12)16(17,18)19)21-15(24)14(8-9-23)22-11(2)20-3/h4-10H,1-3H3,(H,20,22)(H,21,24)/b14-8-/t10-/m1/s1. The van der Waals surface area contributed by atoms with Crippen LogP contribution in [0.5, 0.6) is 0 Å². The van der Waals surface area contributed by atoms with Gasteiger partial charge >= 0.3 is 6.18 Å². The van der Waals surface area contributed by atoms with E-state index in [2.05, 4.69) is 15.6 Å². The van der Waals surface area contributed by atoms with Gasteiger partial charge in [0, 0.05) is 13.1 Å². The van der Waals surface area contributed by atoms with E-state index in [0.717, 1.165) is 18.2 Å². The van der Waals surface area contributed by atoms with Crippen LogP contribution in [0.1, 0.15) is 31.0 Å². The summed E-state index contributed by atoms with van der Waals surface area (Å²) in [6, 6.07) is 3.94. The van der Waals surface area contributed by atoms with E-state index in [4.69, 9.17) is 0 Å². The maximum absolute atomic E-state index is 12.5. The summed E-state index contributed by atoms with van der Waals surface area (Å²) in [5, 5.41) is 5.28. The fraction of sp³-hybridized carbons (Fsp3) is 0.312. The molecule has 0 bridgehead atoms. The summed E-state index contributed by atoms with van der Waals surface area (Å²) < 4.78 is 37.6. The van der Waals surface area contributed by atoms with E-state index in [1.807, 2.05) is 0 Å². The summed E-state index contributed by atoms with van der Waals surface area (Å²) in [6.07, 6.45) is -2.91. The first-order valence-electron chi connectivity index (χ1n) is 7.03. The number of nitrogens with one attached hydrogen (secondary N) is 2. The molecule has 1 amide bonds. The predicted molar refractivity (Wildman–Crippen MR) is 84.3 cm³/mol. The average Bonchev–Trinajstić information content (AvgIpc) is 2.53. The minimum atomic E-state index is -4.41. The van der Waals surface area contributed by atoms with Crippen molar-refractivity contribution in [3.8, 4) is 0 Å². The molecule has 0 aliphatic rings. The molecule has 2 N–H and O–H groups in total. The van der Waals surface area contributed by atoms with Crippen molar-refractivity contribution in [1.29, 1.82) is 0 Å². The van der Waals surface area contributed by atoms with Gasteiger partial charge in [-0.3, -0.25) is 14.6 Å². The Kier molecular flexibility index (Phi) is 6.69. The molecular weight excluding hydrogens is 323 g/mol. The molecule has 0 aromatic heterocycles. The fourth-order valence-electron chi connectivity index (χ4n) is 1.81. The molecule has 5 nitrogen and oxygen atoms in total. The third kappa shape index (κ3) is 5.53. The Hall–Kier alpha value is -2.64. The number of carbonyl (C=O) groups excluding carboxylic acids is 2. The lowest BCUT2D eigenvalue weighted by Gasteiger charge is -2.17. The third-order valence-electron chi connectivity index (χ3n) is 3.22. The quantitative estimate of drug-likeness (QED) is 0.374. The van der Waals surface area contributed by atoms with Crippen LogP contribution in [0, 0.1) is 0 Å². The summed E-state index contributed by atoms with van der Waals surface area (Å²) in [5.41, 5.74) is -0.266. The zero-order chi connectivity index (χ0) is 18.3. The average molecular weight is 341 g/mol. The van der Waals surface area contributed by atoms with Crippen LogP contribution < -0.4 is 10.6 Å². The number of amides is 1. The number of alkyl halides is 3. The summed E-state index contributed by atoms with van der Waals surface area (Å²) in [6.45, 7) is 3.24. The van der Waals surface area contributed by atoms with E-state index < -0.39 is 23.7 Å². The molecule has 24 heavy (non-hydrogen) atoms. The number of rotatable bonds is 5. The Morgan fingerprint density at radius 2 is 1.83 bits per heavy atom. The number of halogens is 3. The van der Waals surface area contributed by atoms with Gasteiger partial charge in [0.15, 0.2) is 0 Å². The molecule has 0 saturated heterocycles. The van der Waals surface area contributed by atoms with Gasteiger partial charge in [0.1, 0.15) is 12.0 Å². The second-order valence-electron chi connectivity index (χ2n) is 4.97. The molecule has 8 heteroatoms. The van der Waals surface area contributed by atoms with Crippen LogP contribution in [0.3, 0.4) is 0 Å². The molecule has 130 valence electrons. The molecule has 0 aliphatic carbocycles. The Morgan fingerprint density at radius 3 is 2.29 bits per heavy atom. The number of aliphatic imine (C=N–C) groups is 1. The fourth-order valence-corrected chi connectivity index (χ4v) is 1.81. The van der Waals surface area contributed by atoms with Gasteiger partial charge in [-0.25, -0.2) is 0 Å². The number of hydrogen-bond donors (Lipinski definition) is 2. The molecule has 0 spiro atoms. The molecule has 1 aromatic rings. The van der Waals surface area contributed by atoms with Gasteiger partial charge in [0.05, 0.1) is 17.4 Å². The Balaban J connectivity index is 2.85. The van der Waals surface area contributed by atoms with Crippen molar-refractivity contribution in [1.82, 2.24) is 10.6 Å². The van der Waals surface area contributed by atoms with E-state index in [0.29, 0.717) is 17.7 Å². The smallest absolute Gasteiger partial charge is 0.344 e. The second-order valence-corrected chi connectivity index (χ2v) is 4.97. The highest BCUT2D eigenvalue weighted by Gasteiger charge is 2.30. The predicted octanol–water partition coefficient (Wildman–Crippen LogP) is 2.60. The van der Waals surface area contributed by atoms with Gasteiger partial charge in [-0.05, 0) is 31.5 Å². The van der Waals surface area contributed by atoms with E-state index in [1.165, 1.54) is 19.2 Å². The lowest BCUT2D eigenvalue weighted by molar-refractivity contribution is -0.137. The zero-order valence-corrected chi connectivity index (χ0v) is 13.4. The van der Waals surface area contributed by atoms with Gasteiger partial charge in [0.25, 0.3) is 5.91 Å². The maximum atomic E-state index is 12.5. The number of carbonyl (C=O) groups is 2. The summed E-state index contributed by atoms with van der Waals surface area (Å²) in [5.74, 6) is -0.141. The first-order chi connectivity index (χ1) is 11.2. The van der Waals surface area contributed by atoms with Crippen molar-refractivity contribution in [2.24, 2.45) is 4.99 Å². The molecule has 0 unspecified atom stereocenters. The van der Waals surface area contributed by atoms with Gasteiger partial charge in [-0.1, -0.05) is 12.1 Å². The van der Waals surface area contributed by atoms with E-state index in [1.54, 1.807) is 13.8 Å². The Labute approximate surface area is 137 Å². The summed E-state index contributed by atoms with van der Waals surface area (Å²) in [4.78, 5) is 26.6. The molecule has 0 aliphatic heterocycles. The number of aldehydes is 1. The molecule has 0 heterocycles. The molecule has 0 saturated carbocycles. The molecule has 1 atom stereocenters. The number of amidine groups is 1. The van der Waals surface area contributed by atoms with Gasteiger partial charge in [-0.2, -0.15) is 13.2 Å². The van der Waals surface area contributed by atoms with Crippen molar-refractivity contribution in [2.75, 3.05) is 7.05 Å². The summed E-state index contributed by atoms with van der Waals surface area (Å²) >= 11 is 0. The van der Waals surface area contributed by atoms with Crippen molar-refractivity contribution in [2.45, 2.75) is 26.1 Å². The van der Waals surface area contributed by atoms with E-state index in [9.17, 15) is 22.8 Å². The van der Waals surface area contributed by atoms with Crippen molar-refractivity contribution < 1.29 is 22.8 Å². The van der Waals surface area contributed by atoms with E-state index in [-0.39, 0.29) is 5.70 Å². The summed E-state index contributed by atoms with van der Waals surface area (Å²) in [7, 11) is 1.52. The molecule has 0 radical (unpaired) electrons. The Bertz CT molecular complexity index is 650. The minimum Gasteiger partial charge on any atom is -0.344 e. The van der Waals surface area contributed by atoms with Crippen LogP contribution in [0.2, 0.25) is 0 Å². The van der Waals surface area contributed by atoms with Crippen LogP contribution in [0.4, 0.5) is 13.2 Å². The van der Waals surface area contributed by atoms with Crippen LogP contribution in [0.25, 0.3) is 0 Å². The highest BCUT2D eigenvalue weighted by atomic mass is 19.4. The van der Waals surface area contributed by atoms with Crippen LogP contribution in [0.15, 0.2) is 41.0 Å². The van der Waals surface area contributed by atoms with Gasteiger partial charge in [0.2, 0.25) is 0 Å². The van der Waals surface area contributed by atoms with E-state index >= 15 is 0 Å². The lowest BCUT2D eigenvalue weighted by Crippen LogP contribution is -2.35. The largest absolute Gasteiger partial charge is 0.416 e. The molecular formula is C16H18F3N3O2. The number of hydrogen-bond acceptors (Lipinski definition) is 3. The Morgan fingerprint density at radius 1 is 1.25 bits per heavy atom. The van der Waals surface area contributed by atoms with Crippen molar-refractivity contribution >= 4 is 18.0 Å². The molecule has 1 rings (SSSR count). The van der Waals surface area contributed by atoms with Crippen molar-refractivity contribution in [3.63, 3.8) is 0 Å². The number of allylic oxidation sites excluding steroid dienone is 1. The number of benzene rings is 1. The first kappa shape index (κ1) is 19.4. The SMILES string of the molecule is CN=C(C)N/C(=C\C=O)C(=O)N[C@H](C)c1ccc(C(F)(F)F)cc1. The highest BCUT2D eigenvalue weighted by molar-refractivity contribution is 6.00. The zero-order valence-electron chi connectivity index (χ0n) is 13.4. The topological polar surface area (TPSA) is 70.6 Å². The van der Waals surface area contributed by atoms with Crippen molar-refractivity contribution in [3.05, 3.63) is 47.2 Å². The maximum Gasteiger partial charge on any atom is 0.416 e. The van der Waals surface area contributed by atoms with Gasteiger partial charge < -0.3 is 10.6 Å². The second kappa shape index (κ2) is 8.28. The van der Waals surface area contributed by atoms with Gasteiger partial charge in [-0.15, -0.1) is 0 Å². The minimum absolute atomic E-state index is 0.00754. The van der Waals surface area contributed by atoms with Crippen LogP contribution in [-0.4, -0.2) is 25.1 Å². The van der Waals surface area contributed by atoms with Crippen LogP contribution in [-0.2, 0) is 15.8 Å². The normalized spacial score (nSPS) is 14.1. The molecule has 1 aromatic carbocycles. The monoisotopic (exact) mass is 341 g/mol. The highest BCUT2D eigenvalue weighted by Crippen LogP contribution is 2.29. The number of nitrogens with zero attached hydrogens (tertiary/aromatic N) is 1. The first-order valence-corrected chi connectivity index (χ1v) is 7.03.